The molecule has 0 spiro atoms. The first-order valence-electron chi connectivity index (χ1n) is 11.4. The van der Waals surface area contributed by atoms with Crippen LogP contribution in [0.25, 0.3) is 11.1 Å². The van der Waals surface area contributed by atoms with Gasteiger partial charge in [0.2, 0.25) is 0 Å². The van der Waals surface area contributed by atoms with Crippen LogP contribution in [0.5, 0.6) is 23.0 Å². The van der Waals surface area contributed by atoms with Crippen molar-refractivity contribution in [3.8, 4) is 34.1 Å². The second kappa shape index (κ2) is 8.99. The predicted octanol–water partition coefficient (Wildman–Crippen LogP) is 5.42. The third kappa shape index (κ3) is 3.84. The molecule has 1 aliphatic carbocycles. The number of hydrogen-bond donors (Lipinski definition) is 0. The Labute approximate surface area is 186 Å². The van der Waals surface area contributed by atoms with Gasteiger partial charge in [-0.2, -0.15) is 0 Å². The lowest BCUT2D eigenvalue weighted by Gasteiger charge is -2.40. The Morgan fingerprint density at radius 3 is 2.42 bits per heavy atom. The van der Waals surface area contributed by atoms with E-state index in [0.717, 1.165) is 66.4 Å². The van der Waals surface area contributed by atoms with E-state index in [4.69, 9.17) is 18.9 Å². The van der Waals surface area contributed by atoms with Crippen LogP contribution in [0.1, 0.15) is 55.8 Å². The van der Waals surface area contributed by atoms with Crippen LogP contribution in [0, 0.1) is 0 Å². The molecule has 2 aliphatic rings. The molecule has 1 unspecified atom stereocenters. The lowest BCUT2D eigenvalue weighted by molar-refractivity contribution is 0.197. The van der Waals surface area contributed by atoms with E-state index in [2.05, 4.69) is 44.0 Å². The van der Waals surface area contributed by atoms with Crippen molar-refractivity contribution < 1.29 is 18.9 Å². The largest absolute Gasteiger partial charge is 0.493 e. The van der Waals surface area contributed by atoms with Crippen LogP contribution in [-0.4, -0.2) is 45.9 Å². The lowest BCUT2D eigenvalue weighted by atomic mass is 9.76. The molecule has 0 aromatic heterocycles. The summed E-state index contributed by atoms with van der Waals surface area (Å²) in [5.74, 6) is 3.19. The summed E-state index contributed by atoms with van der Waals surface area (Å²) >= 11 is 0. The SMILES string of the molecule is CCCCC(C)Oc1cc2c(cc1OC)-c1c(OC)c(OC)cc3c1[C@H](C2)N(C)CC3. The minimum atomic E-state index is 0.154. The zero-order chi connectivity index (χ0) is 22.1. The highest BCUT2D eigenvalue weighted by Crippen LogP contribution is 2.54. The Balaban J connectivity index is 1.87. The molecule has 4 rings (SSSR count). The van der Waals surface area contributed by atoms with E-state index in [1.54, 1.807) is 21.3 Å². The average molecular weight is 426 g/mol. The normalized spacial score (nSPS) is 18.1. The molecule has 0 saturated carbocycles. The minimum absolute atomic E-state index is 0.154. The molecule has 2 aromatic carbocycles. The smallest absolute Gasteiger partial charge is 0.168 e. The molecule has 0 amide bonds. The Morgan fingerprint density at radius 1 is 1.00 bits per heavy atom. The Bertz CT molecular complexity index is 955. The highest BCUT2D eigenvalue weighted by atomic mass is 16.5. The van der Waals surface area contributed by atoms with Gasteiger partial charge in [-0.05, 0) is 73.7 Å². The van der Waals surface area contributed by atoms with E-state index in [9.17, 15) is 0 Å². The van der Waals surface area contributed by atoms with Crippen LogP contribution < -0.4 is 18.9 Å². The summed E-state index contributed by atoms with van der Waals surface area (Å²) in [5, 5.41) is 0. The van der Waals surface area contributed by atoms with Crippen LogP contribution in [0.4, 0.5) is 0 Å². The molecule has 2 aromatic rings. The van der Waals surface area contributed by atoms with Gasteiger partial charge in [-0.15, -0.1) is 0 Å². The Morgan fingerprint density at radius 2 is 1.74 bits per heavy atom. The Hall–Kier alpha value is -2.40. The third-order valence-electron chi connectivity index (χ3n) is 6.76. The van der Waals surface area contributed by atoms with Gasteiger partial charge in [0, 0.05) is 18.2 Å². The topological polar surface area (TPSA) is 40.2 Å². The number of hydrogen-bond acceptors (Lipinski definition) is 5. The third-order valence-corrected chi connectivity index (χ3v) is 6.76. The van der Waals surface area contributed by atoms with Crippen molar-refractivity contribution >= 4 is 0 Å². The van der Waals surface area contributed by atoms with Crippen molar-refractivity contribution in [2.45, 2.75) is 58.1 Å². The maximum Gasteiger partial charge on any atom is 0.168 e. The summed E-state index contributed by atoms with van der Waals surface area (Å²) in [7, 11) is 7.36. The van der Waals surface area contributed by atoms with Gasteiger partial charge in [0.15, 0.2) is 23.0 Å². The first-order valence-corrected chi connectivity index (χ1v) is 11.4. The fourth-order valence-electron chi connectivity index (χ4n) is 5.08. The second-order valence-corrected chi connectivity index (χ2v) is 8.74. The van der Waals surface area contributed by atoms with E-state index >= 15 is 0 Å². The number of benzene rings is 2. The van der Waals surface area contributed by atoms with Crippen LogP contribution in [0.15, 0.2) is 18.2 Å². The number of nitrogens with zero attached hydrogens (tertiary/aromatic N) is 1. The fraction of sp³-hybridized carbons (Fsp3) is 0.538. The van der Waals surface area contributed by atoms with Gasteiger partial charge in [-0.1, -0.05) is 19.8 Å². The van der Waals surface area contributed by atoms with Crippen LogP contribution in [0.3, 0.4) is 0 Å². The summed E-state index contributed by atoms with van der Waals surface area (Å²) in [6.45, 7) is 5.38. The molecule has 0 saturated heterocycles. The van der Waals surface area contributed by atoms with E-state index in [0.29, 0.717) is 6.04 Å². The number of fused-ring (bicyclic) bond motifs is 2. The summed E-state index contributed by atoms with van der Waals surface area (Å²) in [6.07, 6.45) is 5.49. The number of rotatable bonds is 8. The zero-order valence-electron chi connectivity index (χ0n) is 19.7. The minimum Gasteiger partial charge on any atom is -0.493 e. The summed E-state index contributed by atoms with van der Waals surface area (Å²) < 4.78 is 23.7. The molecule has 0 N–H and O–H groups in total. The number of ether oxygens (including phenoxy) is 4. The molecule has 5 nitrogen and oxygen atoms in total. The molecule has 1 heterocycles. The summed E-state index contributed by atoms with van der Waals surface area (Å²) in [6, 6.07) is 6.79. The molecule has 5 heteroatoms. The summed E-state index contributed by atoms with van der Waals surface area (Å²) in [4.78, 5) is 2.45. The van der Waals surface area contributed by atoms with Crippen molar-refractivity contribution in [1.29, 1.82) is 0 Å². The molecular formula is C26H35NO4. The average Bonchev–Trinajstić information content (AvgIpc) is 2.78. The van der Waals surface area contributed by atoms with E-state index in [1.807, 2.05) is 0 Å². The maximum absolute atomic E-state index is 6.33. The first-order chi connectivity index (χ1) is 15.0. The molecule has 2 atom stereocenters. The van der Waals surface area contributed by atoms with Crippen molar-refractivity contribution in [3.05, 3.63) is 34.9 Å². The molecular weight excluding hydrogens is 390 g/mol. The highest BCUT2D eigenvalue weighted by Gasteiger charge is 2.37. The van der Waals surface area contributed by atoms with Gasteiger partial charge in [-0.25, -0.2) is 0 Å². The standard InChI is InChI=1S/C26H35NO4/c1-7-8-9-16(2)31-22-14-18-12-20-24-17(10-11-27(20)3)13-23(29-5)26(30-6)25(24)19(18)15-21(22)28-4/h13-16,20H,7-12H2,1-6H3/t16?,20-/m0/s1. The van der Waals surface area contributed by atoms with Crippen LogP contribution in [0.2, 0.25) is 0 Å². The van der Waals surface area contributed by atoms with Gasteiger partial charge in [0.25, 0.3) is 0 Å². The highest BCUT2D eigenvalue weighted by molar-refractivity contribution is 5.85. The second-order valence-electron chi connectivity index (χ2n) is 8.74. The number of likely N-dealkylation sites (N-methyl/N-ethyl adjacent to an activating group) is 1. The van der Waals surface area contributed by atoms with Crippen molar-refractivity contribution in [3.63, 3.8) is 0 Å². The molecule has 0 bridgehead atoms. The van der Waals surface area contributed by atoms with Crippen LogP contribution in [-0.2, 0) is 12.8 Å². The number of unbranched alkanes of at least 4 members (excludes halogenated alkanes) is 1. The van der Waals surface area contributed by atoms with Gasteiger partial charge in [0.1, 0.15) is 0 Å². The molecule has 0 radical (unpaired) electrons. The maximum atomic E-state index is 6.33. The fourth-order valence-corrected chi connectivity index (χ4v) is 5.08. The molecule has 168 valence electrons. The van der Waals surface area contributed by atoms with Gasteiger partial charge >= 0.3 is 0 Å². The monoisotopic (exact) mass is 425 g/mol. The van der Waals surface area contributed by atoms with Crippen molar-refractivity contribution in [2.75, 3.05) is 34.9 Å². The predicted molar refractivity (Wildman–Crippen MR) is 124 cm³/mol. The van der Waals surface area contributed by atoms with E-state index < -0.39 is 0 Å². The van der Waals surface area contributed by atoms with Gasteiger partial charge in [0.05, 0.1) is 27.4 Å². The van der Waals surface area contributed by atoms with E-state index in [1.165, 1.54) is 23.1 Å². The van der Waals surface area contributed by atoms with Gasteiger partial charge in [-0.3, -0.25) is 4.90 Å². The van der Waals surface area contributed by atoms with Crippen molar-refractivity contribution in [2.24, 2.45) is 0 Å². The van der Waals surface area contributed by atoms with Crippen molar-refractivity contribution in [1.82, 2.24) is 4.90 Å². The molecule has 0 fully saturated rings. The van der Waals surface area contributed by atoms with Crippen LogP contribution >= 0.6 is 0 Å². The molecule has 1 aliphatic heterocycles. The first kappa shape index (κ1) is 21.8. The van der Waals surface area contributed by atoms with Gasteiger partial charge < -0.3 is 18.9 Å². The molecule has 31 heavy (non-hydrogen) atoms. The lowest BCUT2D eigenvalue weighted by Crippen LogP contribution is -2.35. The number of methoxy groups -OCH3 is 3. The summed E-state index contributed by atoms with van der Waals surface area (Å²) in [5.41, 5.74) is 6.28. The zero-order valence-corrected chi connectivity index (χ0v) is 19.7. The quantitative estimate of drug-likeness (QED) is 0.565. The Kier molecular flexibility index (Phi) is 6.33. The van der Waals surface area contributed by atoms with E-state index in [-0.39, 0.29) is 6.10 Å².